The quantitative estimate of drug-likeness (QED) is 0.0456. The molecule has 50 heavy (non-hydrogen) atoms. The number of phenols is 2. The third-order valence-corrected chi connectivity index (χ3v) is 8.17. The van der Waals surface area contributed by atoms with Crippen LogP contribution in [-0.4, -0.2) is 56.2 Å². The number of H-pyrrole nitrogens is 2. The van der Waals surface area contributed by atoms with Gasteiger partial charge in [-0.05, 0) is 47.9 Å². The number of nitrogens with zero attached hydrogens (tertiary/aromatic N) is 7. The molecule has 7 N–H and O–H groups in total. The Labute approximate surface area is 276 Å². The Balaban J connectivity index is 1.56. The molecule has 0 bridgehead atoms. The molecule has 4 aromatic carbocycles. The average Bonchev–Trinajstić information content (AvgIpc) is 3.02. The highest BCUT2D eigenvalue weighted by molar-refractivity contribution is 7.86. The Morgan fingerprint density at radius 3 is 1.84 bits per heavy atom. The van der Waals surface area contributed by atoms with Gasteiger partial charge in [0.05, 0.1) is 21.7 Å². The molecule has 24 heteroatoms. The normalized spacial score (nSPS) is 12.4. The first-order valence-corrected chi connectivity index (χ1v) is 16.0. The van der Waals surface area contributed by atoms with Crippen LogP contribution in [-0.2, 0) is 20.2 Å². The third-order valence-electron chi connectivity index (χ3n) is 6.42. The van der Waals surface area contributed by atoms with E-state index in [2.05, 4.69) is 30.7 Å². The minimum absolute atomic E-state index is 0.0199. The Morgan fingerprint density at radius 2 is 1.22 bits per heavy atom. The van der Waals surface area contributed by atoms with E-state index in [9.17, 15) is 61.0 Å². The van der Waals surface area contributed by atoms with Crippen molar-refractivity contribution in [3.8, 4) is 17.4 Å². The van der Waals surface area contributed by atoms with Crippen LogP contribution in [0.4, 0.5) is 39.8 Å². The molecule has 0 aliphatic carbocycles. The molecule has 5 rings (SSSR count). The van der Waals surface area contributed by atoms with Gasteiger partial charge < -0.3 is 15.3 Å². The fraction of sp³-hybridized carbons (Fsp3) is 0. The first-order valence-electron chi connectivity index (χ1n) is 13.1. The second kappa shape index (κ2) is 13.0. The fourth-order valence-electron chi connectivity index (χ4n) is 4.16. The van der Waals surface area contributed by atoms with Crippen molar-refractivity contribution in [2.75, 3.05) is 0 Å². The molecule has 256 valence electrons. The van der Waals surface area contributed by atoms with Gasteiger partial charge in [-0.25, -0.2) is 4.79 Å². The number of nitrogens with one attached hydrogen (secondary N) is 2. The SMILES string of the molecule is O=c1[nH]c(O)c(N=Nc2ccc(N=Nc3ccc4cc(S(=O)(=O)O)c(N=Nc5ccc([N+](=O)[O-])cc5)c(O)c4c3O)c(S(=O)(=O)O)c2)c(=O)[nH]1. The number of phenolic OH excluding ortho intramolecular Hbond substituents is 2. The molecule has 0 saturated carbocycles. The maximum atomic E-state index is 12.1. The van der Waals surface area contributed by atoms with Crippen molar-refractivity contribution in [1.82, 2.24) is 9.97 Å². The maximum Gasteiger partial charge on any atom is 0.328 e. The van der Waals surface area contributed by atoms with Crippen LogP contribution in [0, 0.1) is 10.1 Å². The minimum atomic E-state index is -5.05. The van der Waals surface area contributed by atoms with Crippen molar-refractivity contribution in [2.45, 2.75) is 9.79 Å². The van der Waals surface area contributed by atoms with Gasteiger partial charge in [0.2, 0.25) is 11.6 Å². The van der Waals surface area contributed by atoms with Crippen molar-refractivity contribution in [3.05, 3.63) is 91.6 Å². The number of non-ortho nitro benzene ring substituents is 1. The number of aromatic nitrogens is 2. The summed E-state index contributed by atoms with van der Waals surface area (Å²) in [4.78, 5) is 35.2. The summed E-state index contributed by atoms with van der Waals surface area (Å²) in [5.41, 5.74) is -5.24. The van der Waals surface area contributed by atoms with Crippen LogP contribution >= 0.6 is 0 Å². The van der Waals surface area contributed by atoms with E-state index in [1.165, 1.54) is 0 Å². The van der Waals surface area contributed by atoms with Gasteiger partial charge in [-0.1, -0.05) is 6.07 Å². The number of azo groups is 3. The molecule has 0 aliphatic rings. The molecule has 0 spiro atoms. The second-order valence-corrected chi connectivity index (χ2v) is 12.5. The fourth-order valence-corrected chi connectivity index (χ4v) is 5.46. The lowest BCUT2D eigenvalue weighted by Gasteiger charge is -2.11. The van der Waals surface area contributed by atoms with Crippen molar-refractivity contribution in [1.29, 1.82) is 0 Å². The molecule has 0 radical (unpaired) electrons. The molecule has 22 nitrogen and oxygen atoms in total. The van der Waals surface area contributed by atoms with E-state index < -0.39 is 91.7 Å². The Hall–Kier alpha value is -6.76. The Bertz CT molecular complexity index is 2650. The Kier molecular flexibility index (Phi) is 9.01. The third kappa shape index (κ3) is 7.21. The summed E-state index contributed by atoms with van der Waals surface area (Å²) in [6, 6.07) is 10.4. The summed E-state index contributed by atoms with van der Waals surface area (Å²) in [5, 5.41) is 63.9. The standard InChI is InChI=1S/C26H17N9O13S2/c36-22-16(32-31-15-8-4-13(10-17(15)49(43,44)45)30-34-21-24(38)27-26(40)28-25(21)39)7-1-11-9-18(50(46,47)48)20(23(37)19(11)22)33-29-12-2-5-14(6-3-12)35(41)42/h1-10,36-37H,(H,43,44,45)(H,46,47,48)(H3,27,28,38,39,40). The zero-order valence-corrected chi connectivity index (χ0v) is 25.9. The van der Waals surface area contributed by atoms with E-state index in [1.54, 1.807) is 4.98 Å². The highest BCUT2D eigenvalue weighted by atomic mass is 32.2. The molecule has 1 aromatic heterocycles. The van der Waals surface area contributed by atoms with Crippen LogP contribution in [0.3, 0.4) is 0 Å². The van der Waals surface area contributed by atoms with Crippen molar-refractivity contribution < 1.29 is 46.2 Å². The van der Waals surface area contributed by atoms with Crippen LogP contribution in [0.2, 0.25) is 0 Å². The van der Waals surface area contributed by atoms with Crippen LogP contribution in [0.1, 0.15) is 0 Å². The topological polar surface area (TPSA) is 352 Å². The summed E-state index contributed by atoms with van der Waals surface area (Å²) >= 11 is 0. The number of aromatic hydroxyl groups is 3. The van der Waals surface area contributed by atoms with Crippen LogP contribution in [0.15, 0.2) is 111 Å². The number of hydrogen-bond donors (Lipinski definition) is 7. The number of nitro benzene ring substituents is 1. The smallest absolute Gasteiger partial charge is 0.328 e. The van der Waals surface area contributed by atoms with Gasteiger partial charge in [-0.3, -0.25) is 34.0 Å². The minimum Gasteiger partial charge on any atom is -0.505 e. The number of hydrogen-bond acceptors (Lipinski definition) is 17. The first-order chi connectivity index (χ1) is 23.4. The van der Waals surface area contributed by atoms with Gasteiger partial charge in [0.15, 0.2) is 11.5 Å². The maximum absolute atomic E-state index is 12.1. The molecule has 0 saturated heterocycles. The summed E-state index contributed by atoms with van der Waals surface area (Å²) in [5.74, 6) is -2.77. The number of nitro groups is 1. The zero-order valence-electron chi connectivity index (χ0n) is 24.2. The zero-order chi connectivity index (χ0) is 36.5. The van der Waals surface area contributed by atoms with E-state index in [-0.39, 0.29) is 22.4 Å². The van der Waals surface area contributed by atoms with Gasteiger partial charge in [-0.15, -0.1) is 20.5 Å². The van der Waals surface area contributed by atoms with E-state index in [0.29, 0.717) is 0 Å². The molecule has 1 heterocycles. The number of benzene rings is 4. The van der Waals surface area contributed by atoms with Crippen LogP contribution in [0.25, 0.3) is 10.8 Å². The number of rotatable bonds is 9. The van der Waals surface area contributed by atoms with Crippen LogP contribution < -0.4 is 11.2 Å². The predicted molar refractivity (Wildman–Crippen MR) is 168 cm³/mol. The lowest BCUT2D eigenvalue weighted by Crippen LogP contribution is -2.20. The number of aromatic amines is 2. The molecule has 5 aromatic rings. The second-order valence-electron chi connectivity index (χ2n) is 9.68. The average molecular weight is 728 g/mol. The highest BCUT2D eigenvalue weighted by Crippen LogP contribution is 2.48. The molecular weight excluding hydrogens is 710 g/mol. The predicted octanol–water partition coefficient (Wildman–Crippen LogP) is 4.98. The van der Waals surface area contributed by atoms with Gasteiger partial charge in [0, 0.05) is 12.1 Å². The summed E-state index contributed by atoms with van der Waals surface area (Å²) < 4.78 is 68.1. The van der Waals surface area contributed by atoms with Gasteiger partial charge in [0.1, 0.15) is 26.9 Å². The van der Waals surface area contributed by atoms with E-state index >= 15 is 0 Å². The number of fused-ring (bicyclic) bond motifs is 1. The highest BCUT2D eigenvalue weighted by Gasteiger charge is 2.25. The van der Waals surface area contributed by atoms with Crippen molar-refractivity contribution in [2.24, 2.45) is 30.7 Å². The van der Waals surface area contributed by atoms with Crippen molar-refractivity contribution in [3.63, 3.8) is 0 Å². The van der Waals surface area contributed by atoms with Crippen molar-refractivity contribution >= 4 is 70.8 Å². The van der Waals surface area contributed by atoms with E-state index in [4.69, 9.17) is 0 Å². The van der Waals surface area contributed by atoms with Gasteiger partial charge in [-0.2, -0.15) is 27.1 Å². The summed E-state index contributed by atoms with van der Waals surface area (Å²) in [6.45, 7) is 0. The molecule has 0 atom stereocenters. The first kappa shape index (κ1) is 34.6. The van der Waals surface area contributed by atoms with E-state index in [1.807, 2.05) is 4.98 Å². The summed E-state index contributed by atoms with van der Waals surface area (Å²) in [7, 11) is -10.1. The monoisotopic (exact) mass is 727 g/mol. The molecule has 0 aliphatic heterocycles. The molecule has 0 unspecified atom stereocenters. The Morgan fingerprint density at radius 1 is 0.640 bits per heavy atom. The van der Waals surface area contributed by atoms with Crippen LogP contribution in [0.5, 0.6) is 17.4 Å². The van der Waals surface area contributed by atoms with Gasteiger partial charge in [0.25, 0.3) is 31.5 Å². The summed E-state index contributed by atoms with van der Waals surface area (Å²) in [6.07, 6.45) is 0. The lowest BCUT2D eigenvalue weighted by molar-refractivity contribution is -0.384. The van der Waals surface area contributed by atoms with E-state index in [0.717, 1.165) is 60.7 Å². The molecular formula is C26H17N9O13S2. The molecule has 0 fully saturated rings. The molecule has 0 amide bonds. The largest absolute Gasteiger partial charge is 0.505 e. The van der Waals surface area contributed by atoms with Gasteiger partial charge >= 0.3 is 5.69 Å². The lowest BCUT2D eigenvalue weighted by atomic mass is 10.1.